The van der Waals surface area contributed by atoms with Crippen molar-refractivity contribution in [3.8, 4) is 0 Å². The second-order valence-electron chi connectivity index (χ2n) is 1.60. The van der Waals surface area contributed by atoms with Gasteiger partial charge in [-0.2, -0.15) is 4.98 Å². The highest BCUT2D eigenvalue weighted by atomic mass is 35.5. The fourth-order valence-electron chi connectivity index (χ4n) is 0.503. The first-order chi connectivity index (χ1) is 5.24. The van der Waals surface area contributed by atoms with Crippen LogP contribution in [0.25, 0.3) is 0 Å². The van der Waals surface area contributed by atoms with Gasteiger partial charge in [-0.3, -0.25) is 4.79 Å². The van der Waals surface area contributed by atoms with Crippen molar-refractivity contribution >= 4 is 23.8 Å². The summed E-state index contributed by atoms with van der Waals surface area (Å²) < 4.78 is 12.6. The van der Waals surface area contributed by atoms with Crippen LogP contribution in [0.5, 0.6) is 0 Å². The molecular formula is C5H3ClFN3O. The number of rotatable bonds is 2. The van der Waals surface area contributed by atoms with Crippen LogP contribution in [-0.4, -0.2) is 16.4 Å². The predicted octanol–water partition coefficient (Wildman–Crippen LogP) is 0.837. The van der Waals surface area contributed by atoms with E-state index >= 15 is 0 Å². The van der Waals surface area contributed by atoms with Crippen molar-refractivity contribution in [2.75, 3.05) is 5.32 Å². The van der Waals surface area contributed by atoms with E-state index in [1.165, 1.54) is 0 Å². The third-order valence-corrected chi connectivity index (χ3v) is 1.09. The summed E-state index contributed by atoms with van der Waals surface area (Å²) in [6.07, 6.45) is 1.18. The quantitative estimate of drug-likeness (QED) is 0.535. The molecule has 0 bridgehead atoms. The fourth-order valence-corrected chi connectivity index (χ4v) is 0.636. The molecule has 0 saturated carbocycles. The van der Waals surface area contributed by atoms with Gasteiger partial charge in [0.2, 0.25) is 11.7 Å². The Balaban J connectivity index is 3.01. The maximum absolute atomic E-state index is 12.6. The standard InChI is InChI=1S/C5H3ClFN3O/c6-5-8-1-3(7)4(10-5)9-2-11/h1-2H,(H,8,9,10,11). The number of amides is 1. The van der Waals surface area contributed by atoms with Crippen LogP contribution in [0, 0.1) is 5.82 Å². The number of nitrogens with one attached hydrogen (secondary N) is 1. The van der Waals surface area contributed by atoms with Crippen LogP contribution >= 0.6 is 11.6 Å². The lowest BCUT2D eigenvalue weighted by atomic mass is 10.5. The van der Waals surface area contributed by atoms with E-state index in [-0.39, 0.29) is 11.1 Å². The molecule has 0 aliphatic carbocycles. The average Bonchev–Trinajstić information content (AvgIpc) is 1.98. The summed E-state index contributed by atoms with van der Waals surface area (Å²) in [4.78, 5) is 16.6. The molecule has 0 unspecified atom stereocenters. The topological polar surface area (TPSA) is 54.9 Å². The summed E-state index contributed by atoms with van der Waals surface area (Å²) in [6, 6.07) is 0. The zero-order chi connectivity index (χ0) is 8.27. The number of anilines is 1. The van der Waals surface area contributed by atoms with Crippen molar-refractivity contribution in [1.82, 2.24) is 9.97 Å². The average molecular weight is 176 g/mol. The Bertz CT molecular complexity index is 280. The van der Waals surface area contributed by atoms with E-state index in [0.717, 1.165) is 6.20 Å². The molecule has 4 nitrogen and oxygen atoms in total. The molecule has 0 aromatic carbocycles. The van der Waals surface area contributed by atoms with E-state index in [2.05, 4.69) is 9.97 Å². The highest BCUT2D eigenvalue weighted by molar-refractivity contribution is 6.28. The van der Waals surface area contributed by atoms with Crippen LogP contribution in [0.2, 0.25) is 5.28 Å². The number of carbonyl (C=O) groups is 1. The summed E-state index contributed by atoms with van der Waals surface area (Å²) in [5, 5.41) is 1.91. The molecule has 0 atom stereocenters. The number of halogens is 2. The molecule has 1 N–H and O–H groups in total. The van der Waals surface area contributed by atoms with Crippen LogP contribution < -0.4 is 5.32 Å². The van der Waals surface area contributed by atoms with E-state index in [0.29, 0.717) is 6.41 Å². The van der Waals surface area contributed by atoms with Gasteiger partial charge >= 0.3 is 0 Å². The van der Waals surface area contributed by atoms with Crippen molar-refractivity contribution in [1.29, 1.82) is 0 Å². The largest absolute Gasteiger partial charge is 0.311 e. The lowest BCUT2D eigenvalue weighted by molar-refractivity contribution is -0.105. The van der Waals surface area contributed by atoms with Gasteiger partial charge in [-0.1, -0.05) is 0 Å². The van der Waals surface area contributed by atoms with Gasteiger partial charge in [0.15, 0.2) is 11.6 Å². The Morgan fingerprint density at radius 3 is 3.09 bits per heavy atom. The van der Waals surface area contributed by atoms with Gasteiger partial charge in [0.1, 0.15) is 0 Å². The minimum Gasteiger partial charge on any atom is -0.311 e. The normalized spacial score (nSPS) is 9.27. The van der Waals surface area contributed by atoms with Crippen LogP contribution in [-0.2, 0) is 4.79 Å². The summed E-state index contributed by atoms with van der Waals surface area (Å²) >= 11 is 5.31. The molecule has 0 spiro atoms. The molecule has 1 heterocycles. The Morgan fingerprint density at radius 1 is 1.73 bits per heavy atom. The molecular weight excluding hydrogens is 173 g/mol. The molecule has 1 aromatic rings. The maximum Gasteiger partial charge on any atom is 0.224 e. The Kier molecular flexibility index (Phi) is 2.32. The number of aromatic nitrogens is 2. The molecule has 0 radical (unpaired) electrons. The Labute approximate surface area is 66.4 Å². The second-order valence-corrected chi connectivity index (χ2v) is 1.94. The number of carbonyl (C=O) groups excluding carboxylic acids is 1. The van der Waals surface area contributed by atoms with Crippen molar-refractivity contribution in [2.24, 2.45) is 0 Å². The van der Waals surface area contributed by atoms with Gasteiger partial charge in [-0.25, -0.2) is 9.37 Å². The van der Waals surface area contributed by atoms with Crippen LogP contribution in [0.1, 0.15) is 0 Å². The van der Waals surface area contributed by atoms with E-state index in [4.69, 9.17) is 11.6 Å². The minimum atomic E-state index is -0.721. The summed E-state index contributed by atoms with van der Waals surface area (Å²) in [6.45, 7) is 0. The lowest BCUT2D eigenvalue weighted by Gasteiger charge is -1.97. The fraction of sp³-hybridized carbons (Fsp3) is 0. The smallest absolute Gasteiger partial charge is 0.224 e. The Hall–Kier alpha value is -1.23. The molecule has 1 amide bonds. The molecule has 0 aliphatic heterocycles. The van der Waals surface area contributed by atoms with Gasteiger partial charge < -0.3 is 5.32 Å². The van der Waals surface area contributed by atoms with Gasteiger partial charge in [-0.15, -0.1) is 0 Å². The highest BCUT2D eigenvalue weighted by Gasteiger charge is 2.03. The third kappa shape index (κ3) is 1.84. The molecule has 1 rings (SSSR count). The zero-order valence-electron chi connectivity index (χ0n) is 5.21. The Morgan fingerprint density at radius 2 is 2.45 bits per heavy atom. The molecule has 58 valence electrons. The minimum absolute atomic E-state index is 0.115. The van der Waals surface area contributed by atoms with E-state index in [9.17, 15) is 9.18 Å². The monoisotopic (exact) mass is 175 g/mol. The van der Waals surface area contributed by atoms with E-state index in [1.807, 2.05) is 5.32 Å². The lowest BCUT2D eigenvalue weighted by Crippen LogP contribution is -2.01. The number of hydrogen-bond donors (Lipinski definition) is 1. The molecule has 1 aromatic heterocycles. The first-order valence-corrected chi connectivity index (χ1v) is 3.00. The van der Waals surface area contributed by atoms with Crippen LogP contribution in [0.4, 0.5) is 10.2 Å². The second kappa shape index (κ2) is 3.25. The summed E-state index contributed by atoms with van der Waals surface area (Å²) in [7, 11) is 0. The van der Waals surface area contributed by atoms with Crippen molar-refractivity contribution in [2.45, 2.75) is 0 Å². The van der Waals surface area contributed by atoms with Crippen molar-refractivity contribution in [3.05, 3.63) is 17.3 Å². The van der Waals surface area contributed by atoms with Gasteiger partial charge in [0, 0.05) is 0 Å². The molecule has 0 fully saturated rings. The van der Waals surface area contributed by atoms with Gasteiger partial charge in [0.25, 0.3) is 0 Å². The van der Waals surface area contributed by atoms with Crippen LogP contribution in [0.15, 0.2) is 6.20 Å². The molecule has 6 heteroatoms. The van der Waals surface area contributed by atoms with Crippen molar-refractivity contribution in [3.63, 3.8) is 0 Å². The maximum atomic E-state index is 12.6. The van der Waals surface area contributed by atoms with E-state index < -0.39 is 5.82 Å². The SMILES string of the molecule is O=CNc1nc(Cl)ncc1F. The van der Waals surface area contributed by atoms with Gasteiger partial charge in [-0.05, 0) is 11.6 Å². The number of nitrogens with zero attached hydrogens (tertiary/aromatic N) is 2. The molecule has 0 aliphatic rings. The summed E-state index contributed by atoms with van der Waals surface area (Å²) in [5.74, 6) is -0.943. The highest BCUT2D eigenvalue weighted by Crippen LogP contribution is 2.10. The van der Waals surface area contributed by atoms with Crippen molar-refractivity contribution < 1.29 is 9.18 Å². The number of hydrogen-bond acceptors (Lipinski definition) is 3. The summed E-state index contributed by atoms with van der Waals surface area (Å²) in [5.41, 5.74) is 0. The van der Waals surface area contributed by atoms with Gasteiger partial charge in [0.05, 0.1) is 6.20 Å². The molecule has 11 heavy (non-hydrogen) atoms. The van der Waals surface area contributed by atoms with Crippen LogP contribution in [0.3, 0.4) is 0 Å². The predicted molar refractivity (Wildman–Crippen MR) is 36.7 cm³/mol. The zero-order valence-corrected chi connectivity index (χ0v) is 5.97. The first-order valence-electron chi connectivity index (χ1n) is 2.62. The molecule has 0 saturated heterocycles. The van der Waals surface area contributed by atoms with E-state index in [1.54, 1.807) is 0 Å². The first kappa shape index (κ1) is 7.87. The third-order valence-electron chi connectivity index (χ3n) is 0.910.